The highest BCUT2D eigenvalue weighted by atomic mass is 16.6. The first kappa shape index (κ1) is 15.8. The van der Waals surface area contributed by atoms with Gasteiger partial charge < -0.3 is 18.9 Å². The molecule has 0 saturated heterocycles. The highest BCUT2D eigenvalue weighted by molar-refractivity contribution is 5.79. The molecule has 2 aromatic rings. The topological polar surface area (TPSA) is 73.7 Å². The minimum atomic E-state index is -0.410. The molecule has 0 saturated carbocycles. The largest absolute Gasteiger partial charge is 0.469 e. The van der Waals surface area contributed by atoms with Gasteiger partial charge in [0.25, 0.3) is 0 Å². The fraction of sp³-hybridized carbons (Fsp3) is 0.400. The molecule has 1 aromatic heterocycles. The van der Waals surface area contributed by atoms with E-state index in [0.29, 0.717) is 24.4 Å². The first-order valence-electron chi connectivity index (χ1n) is 6.99. The van der Waals surface area contributed by atoms with Crippen molar-refractivity contribution < 1.29 is 19.1 Å². The Morgan fingerprint density at radius 2 is 2.14 bits per heavy atom. The van der Waals surface area contributed by atoms with Gasteiger partial charge >= 0.3 is 12.1 Å². The lowest BCUT2D eigenvalue weighted by Crippen LogP contribution is -2.29. The smallest absolute Gasteiger partial charge is 0.414 e. The Hall–Kier alpha value is -2.57. The van der Waals surface area contributed by atoms with E-state index in [4.69, 9.17) is 4.74 Å². The molecular formula is C15H19N3O4. The van der Waals surface area contributed by atoms with Crippen LogP contribution in [0.4, 0.5) is 4.79 Å². The summed E-state index contributed by atoms with van der Waals surface area (Å²) in [6.07, 6.45) is 1.52. The van der Waals surface area contributed by atoms with Gasteiger partial charge in [-0.2, -0.15) is 0 Å². The van der Waals surface area contributed by atoms with Crippen molar-refractivity contribution in [3.05, 3.63) is 24.5 Å². The van der Waals surface area contributed by atoms with Gasteiger partial charge in [-0.3, -0.25) is 4.79 Å². The first-order chi connectivity index (χ1) is 10.5. The van der Waals surface area contributed by atoms with E-state index in [1.807, 2.05) is 17.6 Å². The zero-order valence-corrected chi connectivity index (χ0v) is 12.9. The Kier molecular flexibility index (Phi) is 4.98. The molecule has 0 N–H and O–H groups in total. The quantitative estimate of drug-likeness (QED) is 0.790. The highest BCUT2D eigenvalue weighted by Gasteiger charge is 2.11. The predicted molar refractivity (Wildman–Crippen MR) is 80.7 cm³/mol. The number of amides is 1. The molecule has 0 spiro atoms. The van der Waals surface area contributed by atoms with Crippen LogP contribution in [0.2, 0.25) is 0 Å². The lowest BCUT2D eigenvalue weighted by molar-refractivity contribution is -0.140. The van der Waals surface area contributed by atoms with Crippen LogP contribution in [0.1, 0.15) is 13.3 Å². The van der Waals surface area contributed by atoms with Crippen molar-refractivity contribution in [1.29, 1.82) is 0 Å². The second-order valence-corrected chi connectivity index (χ2v) is 4.80. The Labute approximate surface area is 128 Å². The summed E-state index contributed by atoms with van der Waals surface area (Å²) in [6, 6.07) is 5.22. The van der Waals surface area contributed by atoms with Crippen LogP contribution in [0.5, 0.6) is 5.75 Å². The molecule has 1 heterocycles. The van der Waals surface area contributed by atoms with Gasteiger partial charge in [-0.25, -0.2) is 9.78 Å². The van der Waals surface area contributed by atoms with E-state index in [1.54, 1.807) is 25.5 Å². The van der Waals surface area contributed by atoms with Crippen molar-refractivity contribution in [2.24, 2.45) is 0 Å². The summed E-state index contributed by atoms with van der Waals surface area (Å²) >= 11 is 0. The van der Waals surface area contributed by atoms with E-state index in [2.05, 4.69) is 9.72 Å². The van der Waals surface area contributed by atoms with Crippen LogP contribution in [-0.4, -0.2) is 47.2 Å². The number of benzene rings is 1. The van der Waals surface area contributed by atoms with Gasteiger partial charge in [-0.05, 0) is 19.1 Å². The number of esters is 1. The van der Waals surface area contributed by atoms with Gasteiger partial charge in [0.1, 0.15) is 5.75 Å². The molecule has 7 heteroatoms. The summed E-state index contributed by atoms with van der Waals surface area (Å²) in [5.74, 6) is 0.172. The van der Waals surface area contributed by atoms with E-state index in [-0.39, 0.29) is 12.4 Å². The summed E-state index contributed by atoms with van der Waals surface area (Å²) in [5.41, 5.74) is 1.57. The molecule has 0 aliphatic rings. The minimum Gasteiger partial charge on any atom is -0.469 e. The molecule has 22 heavy (non-hydrogen) atoms. The molecule has 118 valence electrons. The number of nitrogens with zero attached hydrogens (tertiary/aromatic N) is 3. The average Bonchev–Trinajstić information content (AvgIpc) is 2.93. The number of hydrogen-bond donors (Lipinski definition) is 0. The van der Waals surface area contributed by atoms with Crippen LogP contribution in [0.25, 0.3) is 11.0 Å². The lowest BCUT2D eigenvalue weighted by atomic mass is 10.3. The van der Waals surface area contributed by atoms with Gasteiger partial charge in [0.2, 0.25) is 0 Å². The maximum absolute atomic E-state index is 11.7. The number of methoxy groups -OCH3 is 1. The third-order valence-corrected chi connectivity index (χ3v) is 3.37. The Morgan fingerprint density at radius 1 is 1.36 bits per heavy atom. The number of fused-ring (bicyclic) bond motifs is 1. The van der Waals surface area contributed by atoms with Crippen LogP contribution < -0.4 is 4.74 Å². The van der Waals surface area contributed by atoms with Gasteiger partial charge in [0, 0.05) is 26.2 Å². The molecule has 0 unspecified atom stereocenters. The number of imidazole rings is 1. The highest BCUT2D eigenvalue weighted by Crippen LogP contribution is 2.20. The van der Waals surface area contributed by atoms with Crippen molar-refractivity contribution in [3.63, 3.8) is 0 Å². The number of ether oxygens (including phenoxy) is 2. The molecule has 1 aromatic carbocycles. The fourth-order valence-electron chi connectivity index (χ4n) is 1.91. The van der Waals surface area contributed by atoms with E-state index in [0.717, 1.165) is 5.52 Å². The number of rotatable bonds is 5. The molecule has 0 fully saturated rings. The normalized spacial score (nSPS) is 10.5. The number of aryl methyl sites for hydroxylation is 1. The van der Waals surface area contributed by atoms with Crippen molar-refractivity contribution in [2.75, 3.05) is 20.7 Å². The van der Waals surface area contributed by atoms with E-state index >= 15 is 0 Å². The van der Waals surface area contributed by atoms with E-state index < -0.39 is 6.09 Å². The van der Waals surface area contributed by atoms with Crippen LogP contribution >= 0.6 is 0 Å². The number of aromatic nitrogens is 2. The third-order valence-electron chi connectivity index (χ3n) is 3.37. The van der Waals surface area contributed by atoms with Crippen LogP contribution in [-0.2, 0) is 16.1 Å². The average molecular weight is 305 g/mol. The van der Waals surface area contributed by atoms with Crippen molar-refractivity contribution in [3.8, 4) is 5.75 Å². The Balaban J connectivity index is 2.12. The van der Waals surface area contributed by atoms with Crippen LogP contribution in [0.3, 0.4) is 0 Å². The second kappa shape index (κ2) is 6.93. The summed E-state index contributed by atoms with van der Waals surface area (Å²) in [5, 5.41) is 0. The monoisotopic (exact) mass is 305 g/mol. The number of carbonyl (C=O) groups excluding carboxylic acids is 2. The second-order valence-electron chi connectivity index (χ2n) is 4.80. The van der Waals surface area contributed by atoms with Crippen molar-refractivity contribution in [1.82, 2.24) is 14.5 Å². The third kappa shape index (κ3) is 3.55. The standard InChI is InChI=1S/C15H19N3O4/c1-4-17(2)15(20)22-11-5-6-13-12(9-11)16-10-18(13)8-7-14(19)21-3/h5-6,9-10H,4,7-8H2,1-3H3. The lowest BCUT2D eigenvalue weighted by Gasteiger charge is -2.14. The number of carbonyl (C=O) groups is 2. The zero-order valence-electron chi connectivity index (χ0n) is 12.9. The Morgan fingerprint density at radius 3 is 2.82 bits per heavy atom. The molecular weight excluding hydrogens is 286 g/mol. The van der Waals surface area contributed by atoms with Crippen LogP contribution in [0, 0.1) is 0 Å². The molecule has 0 bridgehead atoms. The van der Waals surface area contributed by atoms with Gasteiger partial charge in [0.05, 0.1) is 30.9 Å². The predicted octanol–water partition coefficient (Wildman–Crippen LogP) is 2.05. The van der Waals surface area contributed by atoms with Gasteiger partial charge in [-0.15, -0.1) is 0 Å². The molecule has 0 aliphatic heterocycles. The van der Waals surface area contributed by atoms with Crippen molar-refractivity contribution >= 4 is 23.1 Å². The first-order valence-corrected chi connectivity index (χ1v) is 6.99. The molecule has 0 aliphatic carbocycles. The summed E-state index contributed by atoms with van der Waals surface area (Å²) in [6.45, 7) is 2.93. The van der Waals surface area contributed by atoms with Crippen molar-refractivity contribution in [2.45, 2.75) is 19.9 Å². The minimum absolute atomic E-state index is 0.269. The summed E-state index contributed by atoms with van der Waals surface area (Å²) in [4.78, 5) is 28.6. The SMILES string of the molecule is CCN(C)C(=O)Oc1ccc2c(c1)ncn2CCC(=O)OC. The fourth-order valence-corrected chi connectivity index (χ4v) is 1.91. The maximum atomic E-state index is 11.7. The molecule has 2 rings (SSSR count). The van der Waals surface area contributed by atoms with Crippen LogP contribution in [0.15, 0.2) is 24.5 Å². The summed E-state index contributed by atoms with van der Waals surface area (Å²) in [7, 11) is 3.03. The van der Waals surface area contributed by atoms with Gasteiger partial charge in [-0.1, -0.05) is 0 Å². The Bertz CT molecular complexity index is 680. The van der Waals surface area contributed by atoms with Gasteiger partial charge in [0.15, 0.2) is 0 Å². The number of hydrogen-bond acceptors (Lipinski definition) is 5. The van der Waals surface area contributed by atoms with E-state index in [1.165, 1.54) is 12.0 Å². The molecule has 7 nitrogen and oxygen atoms in total. The zero-order chi connectivity index (χ0) is 16.1. The summed E-state index contributed by atoms with van der Waals surface area (Å²) < 4.78 is 11.7. The molecule has 1 amide bonds. The molecule has 0 radical (unpaired) electrons. The maximum Gasteiger partial charge on any atom is 0.414 e. The van der Waals surface area contributed by atoms with E-state index in [9.17, 15) is 9.59 Å². The molecule has 0 atom stereocenters.